The average Bonchev–Trinajstić information content (AvgIpc) is 3.45. The molecular formula is C34H40N3O4+. The quantitative estimate of drug-likeness (QED) is 0.303. The van der Waals surface area contributed by atoms with Gasteiger partial charge in [0.1, 0.15) is 13.1 Å². The minimum atomic E-state index is -0.803. The first-order chi connectivity index (χ1) is 19.7. The third kappa shape index (κ3) is 5.45. The van der Waals surface area contributed by atoms with E-state index in [0.717, 1.165) is 31.2 Å². The molecule has 0 saturated heterocycles. The number of carbonyl (C=O) groups is 2. The van der Waals surface area contributed by atoms with E-state index in [1.165, 1.54) is 22.4 Å². The fraction of sp³-hybridized carbons (Fsp3) is 0.382. The molecule has 2 unspecified atom stereocenters. The Labute approximate surface area is 242 Å². The number of rotatable bonds is 10. The highest BCUT2D eigenvalue weighted by Crippen LogP contribution is 2.59. The van der Waals surface area contributed by atoms with Crippen LogP contribution in [0.3, 0.4) is 0 Å². The number of carboxylic acid groups (broad SMARTS) is 2. The molecule has 214 valence electrons. The van der Waals surface area contributed by atoms with Crippen molar-refractivity contribution in [3.8, 4) is 0 Å². The first-order valence-corrected chi connectivity index (χ1v) is 14.6. The van der Waals surface area contributed by atoms with E-state index in [9.17, 15) is 14.7 Å². The van der Waals surface area contributed by atoms with Gasteiger partial charge in [0.15, 0.2) is 0 Å². The number of likely N-dealkylation sites (N-methyl/N-ethyl adjacent to an activating group) is 1. The van der Waals surface area contributed by atoms with Crippen LogP contribution in [0.4, 0.5) is 0 Å². The summed E-state index contributed by atoms with van der Waals surface area (Å²) in [5.41, 5.74) is 5.85. The number of hydrogen-bond acceptors (Lipinski definition) is 4. The van der Waals surface area contributed by atoms with Crippen LogP contribution < -0.4 is 0 Å². The summed E-state index contributed by atoms with van der Waals surface area (Å²) in [4.78, 5) is 27.3. The van der Waals surface area contributed by atoms with E-state index in [0.29, 0.717) is 13.1 Å². The lowest BCUT2D eigenvalue weighted by atomic mass is 9.68. The molecule has 0 saturated carbocycles. The first-order valence-electron chi connectivity index (χ1n) is 14.6. The number of allylic oxidation sites excluding steroid dienone is 9. The summed E-state index contributed by atoms with van der Waals surface area (Å²) in [5, 5.41) is 18.7. The predicted molar refractivity (Wildman–Crippen MR) is 161 cm³/mol. The molecule has 2 aliphatic carbocycles. The van der Waals surface area contributed by atoms with E-state index in [-0.39, 0.29) is 30.1 Å². The minimum Gasteiger partial charge on any atom is -0.481 e. The second kappa shape index (κ2) is 11.8. The monoisotopic (exact) mass is 554 g/mol. The van der Waals surface area contributed by atoms with E-state index >= 15 is 0 Å². The highest BCUT2D eigenvalue weighted by molar-refractivity contribution is 5.90. The zero-order chi connectivity index (χ0) is 29.1. The molecule has 0 fully saturated rings. The fourth-order valence-electron chi connectivity index (χ4n) is 6.81. The largest absolute Gasteiger partial charge is 0.481 e. The summed E-state index contributed by atoms with van der Waals surface area (Å²) in [5.74, 6) is -0.157. The summed E-state index contributed by atoms with van der Waals surface area (Å²) in [7, 11) is 0. The Kier molecular flexibility index (Phi) is 8.15. The second-order valence-corrected chi connectivity index (χ2v) is 11.5. The maximum atomic E-state index is 11.7. The molecule has 41 heavy (non-hydrogen) atoms. The van der Waals surface area contributed by atoms with Crippen molar-refractivity contribution in [2.75, 3.05) is 32.7 Å². The summed E-state index contributed by atoms with van der Waals surface area (Å²) in [6, 6.07) is 8.63. The molecule has 1 aromatic carbocycles. The number of aliphatic carboxylic acids is 2. The van der Waals surface area contributed by atoms with Gasteiger partial charge in [-0.05, 0) is 29.7 Å². The van der Waals surface area contributed by atoms with Crippen molar-refractivity contribution < 1.29 is 24.4 Å². The van der Waals surface area contributed by atoms with Crippen LogP contribution in [0.15, 0.2) is 90.3 Å². The Bertz CT molecular complexity index is 1440. The molecule has 2 N–H and O–H groups in total. The van der Waals surface area contributed by atoms with Gasteiger partial charge in [-0.25, -0.2) is 0 Å². The van der Waals surface area contributed by atoms with E-state index in [1.54, 1.807) is 0 Å². The van der Waals surface area contributed by atoms with E-state index in [1.807, 2.05) is 18.2 Å². The van der Waals surface area contributed by atoms with Crippen molar-refractivity contribution in [1.82, 2.24) is 9.80 Å². The third-order valence-corrected chi connectivity index (χ3v) is 8.68. The molecule has 0 amide bonds. The van der Waals surface area contributed by atoms with Gasteiger partial charge in [-0.2, -0.15) is 0 Å². The van der Waals surface area contributed by atoms with Crippen LogP contribution in [0.1, 0.15) is 50.7 Å². The Balaban J connectivity index is 1.48. The summed E-state index contributed by atoms with van der Waals surface area (Å²) >= 11 is 0. The second-order valence-electron chi connectivity index (χ2n) is 11.5. The van der Waals surface area contributed by atoms with Gasteiger partial charge in [0.05, 0.1) is 25.9 Å². The zero-order valence-corrected chi connectivity index (χ0v) is 24.2. The molecular weight excluding hydrogens is 514 g/mol. The van der Waals surface area contributed by atoms with Crippen LogP contribution >= 0.6 is 0 Å². The van der Waals surface area contributed by atoms with Crippen LogP contribution in [0.25, 0.3) is 5.57 Å². The minimum absolute atomic E-state index is 0.0593. The van der Waals surface area contributed by atoms with Crippen LogP contribution in [-0.2, 0) is 9.59 Å². The first kappa shape index (κ1) is 28.4. The number of benzene rings is 1. The summed E-state index contributed by atoms with van der Waals surface area (Å²) in [6.45, 7) is 10.1. The maximum Gasteiger partial charge on any atom is 0.307 e. The normalized spacial score (nSPS) is 23.7. The van der Waals surface area contributed by atoms with Crippen molar-refractivity contribution in [3.05, 3.63) is 101 Å². The molecule has 0 radical (unpaired) electrons. The molecule has 2 aliphatic heterocycles. The van der Waals surface area contributed by atoms with Crippen molar-refractivity contribution in [3.63, 3.8) is 0 Å². The summed E-state index contributed by atoms with van der Waals surface area (Å²) < 4.78 is 2.13. The number of carboxylic acids is 2. The van der Waals surface area contributed by atoms with Gasteiger partial charge in [-0.1, -0.05) is 80.6 Å². The molecule has 2 heterocycles. The molecule has 7 heteroatoms. The molecule has 2 atom stereocenters. The van der Waals surface area contributed by atoms with Gasteiger partial charge < -0.3 is 15.1 Å². The third-order valence-electron chi connectivity index (χ3n) is 8.68. The van der Waals surface area contributed by atoms with E-state index in [4.69, 9.17) is 5.11 Å². The van der Waals surface area contributed by atoms with E-state index in [2.05, 4.69) is 95.9 Å². The number of fused-ring (bicyclic) bond motifs is 5. The van der Waals surface area contributed by atoms with Crippen molar-refractivity contribution >= 4 is 23.3 Å². The highest BCUT2D eigenvalue weighted by Gasteiger charge is 2.49. The molecule has 7 nitrogen and oxygen atoms in total. The number of hydrogen-bond donors (Lipinski definition) is 2. The molecule has 0 aromatic heterocycles. The Morgan fingerprint density at radius 2 is 1.76 bits per heavy atom. The average molecular weight is 555 g/mol. The van der Waals surface area contributed by atoms with Crippen molar-refractivity contribution in [2.24, 2.45) is 11.3 Å². The van der Waals surface area contributed by atoms with Gasteiger partial charge in [0.2, 0.25) is 0 Å². The molecule has 0 bridgehead atoms. The lowest BCUT2D eigenvalue weighted by Crippen LogP contribution is -2.30. The number of nitrogens with zero attached hydrogens (tertiary/aromatic N) is 3. The molecule has 0 spiro atoms. The van der Waals surface area contributed by atoms with Crippen molar-refractivity contribution in [1.29, 1.82) is 0 Å². The van der Waals surface area contributed by atoms with Crippen LogP contribution in [0.2, 0.25) is 0 Å². The molecule has 5 rings (SSSR count). The van der Waals surface area contributed by atoms with Gasteiger partial charge in [-0.15, -0.1) is 0 Å². The Morgan fingerprint density at radius 3 is 2.49 bits per heavy atom. The SMILES string of the molecule is CCN1CC[N+](CCC(=O)O)=C1C=CC=CC=C1N(CCC(=O)O)C2=C(c3ccccc3C3C=CC=CC23)C1(C)C. The van der Waals surface area contributed by atoms with Crippen LogP contribution in [0.5, 0.6) is 0 Å². The van der Waals surface area contributed by atoms with Gasteiger partial charge >= 0.3 is 11.9 Å². The fourth-order valence-corrected chi connectivity index (χ4v) is 6.81. The Morgan fingerprint density at radius 1 is 1.02 bits per heavy atom. The Hall–Kier alpha value is -4.13. The number of amidine groups is 1. The lowest BCUT2D eigenvalue weighted by Gasteiger charge is -2.37. The highest BCUT2D eigenvalue weighted by atomic mass is 16.4. The zero-order valence-electron chi connectivity index (χ0n) is 24.2. The standard InChI is InChI=1S/C34H39N3O4/c1-4-35-22-23-36(20-18-30(38)39)29(35)17-7-5-6-16-28-34(2,3)32-26-14-10-8-12-24(26)25-13-9-11-15-27(25)33(32)37(28)21-19-31(40)41/h5-17,25,27H,4,18-23H2,1-3H3,(H-,38,39,40,41)/p+1. The smallest absolute Gasteiger partial charge is 0.307 e. The van der Waals surface area contributed by atoms with Crippen LogP contribution in [-0.4, -0.2) is 75.1 Å². The molecule has 4 aliphatic rings. The predicted octanol–water partition coefficient (Wildman–Crippen LogP) is 5.27. The van der Waals surface area contributed by atoms with Gasteiger partial charge in [0.25, 0.3) is 5.84 Å². The van der Waals surface area contributed by atoms with E-state index < -0.39 is 11.9 Å². The lowest BCUT2D eigenvalue weighted by molar-refractivity contribution is -0.516. The summed E-state index contributed by atoms with van der Waals surface area (Å²) in [6.07, 6.45) is 19.1. The van der Waals surface area contributed by atoms with Crippen LogP contribution in [0, 0.1) is 11.3 Å². The van der Waals surface area contributed by atoms with Crippen molar-refractivity contribution in [2.45, 2.75) is 39.5 Å². The van der Waals surface area contributed by atoms with Gasteiger partial charge in [0, 0.05) is 41.3 Å². The maximum absolute atomic E-state index is 11.7. The molecule has 1 aromatic rings. The van der Waals surface area contributed by atoms with Gasteiger partial charge in [-0.3, -0.25) is 19.1 Å². The topological polar surface area (TPSA) is 84.1 Å².